The van der Waals surface area contributed by atoms with Crippen LogP contribution < -0.4 is 0 Å². The van der Waals surface area contributed by atoms with Crippen molar-refractivity contribution >= 4 is 39.2 Å². The molecule has 2 unspecified atom stereocenters. The molecule has 48 heavy (non-hydrogen) atoms. The highest BCUT2D eigenvalue weighted by molar-refractivity contribution is 6.14. The molecule has 0 bridgehead atoms. The zero-order valence-corrected chi connectivity index (χ0v) is 26.9. The van der Waals surface area contributed by atoms with Crippen molar-refractivity contribution in [2.45, 2.75) is 25.2 Å². The predicted octanol–water partition coefficient (Wildman–Crippen LogP) is 11.4. The average Bonchev–Trinajstić information content (AvgIpc) is 3.18. The maximum absolute atomic E-state index is 5.28. The summed E-state index contributed by atoms with van der Waals surface area (Å²) in [6.07, 6.45) is 16.6. The molecule has 9 rings (SSSR count). The third kappa shape index (κ3) is 5.05. The molecule has 1 heterocycles. The van der Waals surface area contributed by atoms with Gasteiger partial charge in [0.05, 0.1) is 5.71 Å². The van der Waals surface area contributed by atoms with Gasteiger partial charge in [0.15, 0.2) is 0 Å². The molecule has 0 radical (unpaired) electrons. The van der Waals surface area contributed by atoms with Crippen molar-refractivity contribution in [1.82, 2.24) is 0 Å². The first kappa shape index (κ1) is 28.6. The van der Waals surface area contributed by atoms with Crippen LogP contribution in [0.4, 0.5) is 0 Å². The van der Waals surface area contributed by atoms with E-state index in [0.29, 0.717) is 0 Å². The highest BCUT2D eigenvalue weighted by atomic mass is 15.0. The quantitative estimate of drug-likeness (QED) is 0.172. The van der Waals surface area contributed by atoms with Gasteiger partial charge >= 0.3 is 0 Å². The Labute approximate surface area is 282 Å². The van der Waals surface area contributed by atoms with Crippen molar-refractivity contribution < 1.29 is 0 Å². The van der Waals surface area contributed by atoms with Gasteiger partial charge in [0, 0.05) is 24.8 Å². The van der Waals surface area contributed by atoms with Gasteiger partial charge in [0.2, 0.25) is 0 Å². The summed E-state index contributed by atoms with van der Waals surface area (Å²) in [5.41, 5.74) is 11.4. The Bertz CT molecular complexity index is 2350. The van der Waals surface area contributed by atoms with Gasteiger partial charge in [-0.05, 0) is 91.0 Å². The summed E-state index contributed by atoms with van der Waals surface area (Å²) in [6.45, 7) is 0.754. The Morgan fingerprint density at radius 2 is 1.29 bits per heavy atom. The molecule has 0 aromatic heterocycles. The second kappa shape index (κ2) is 12.2. The van der Waals surface area contributed by atoms with Crippen LogP contribution in [-0.4, -0.2) is 18.1 Å². The third-order valence-electron chi connectivity index (χ3n) is 10.3. The molecule has 0 amide bonds. The molecule has 6 aromatic carbocycles. The molecule has 0 spiro atoms. The van der Waals surface area contributed by atoms with Crippen LogP contribution in [0.5, 0.6) is 0 Å². The number of hydrogen-bond acceptors (Lipinski definition) is 2. The summed E-state index contributed by atoms with van der Waals surface area (Å²) in [5.74, 6) is 1.12. The maximum Gasteiger partial charge on any atom is 0.131 e. The van der Waals surface area contributed by atoms with Gasteiger partial charge in [-0.25, -0.2) is 4.99 Å². The summed E-state index contributed by atoms with van der Waals surface area (Å²) in [4.78, 5) is 10.3. The minimum Gasteiger partial charge on any atom is -0.270 e. The monoisotopic (exact) mass is 616 g/mol. The number of hydrogen-bond donors (Lipinski definition) is 0. The van der Waals surface area contributed by atoms with Crippen LogP contribution >= 0.6 is 0 Å². The SMILES string of the molecule is C1=CC(C2=NCCC(c3cccc(-c4ccccc4)c3)=N2)C(c2ccccc2-c2ccc3c(c2)c2c(c4ccccc43)C=CCC2)C=C1. The number of nitrogens with zero attached hydrogens (tertiary/aromatic N) is 2. The fourth-order valence-corrected chi connectivity index (χ4v) is 7.95. The van der Waals surface area contributed by atoms with E-state index in [1.54, 1.807) is 0 Å². The molecule has 3 aliphatic rings. The first-order valence-corrected chi connectivity index (χ1v) is 17.2. The zero-order chi connectivity index (χ0) is 31.9. The largest absolute Gasteiger partial charge is 0.270 e. The second-order valence-corrected chi connectivity index (χ2v) is 13.0. The van der Waals surface area contributed by atoms with Crippen LogP contribution in [0.1, 0.15) is 41.0 Å². The summed E-state index contributed by atoms with van der Waals surface area (Å²) >= 11 is 0. The Morgan fingerprint density at radius 3 is 2.21 bits per heavy atom. The van der Waals surface area contributed by atoms with Crippen LogP contribution in [-0.2, 0) is 6.42 Å². The molecule has 2 aliphatic carbocycles. The molecule has 2 atom stereocenters. The van der Waals surface area contributed by atoms with Crippen LogP contribution in [0.25, 0.3) is 49.9 Å². The Kier molecular flexibility index (Phi) is 7.28. The molecule has 0 saturated heterocycles. The van der Waals surface area contributed by atoms with Crippen LogP contribution in [0, 0.1) is 5.92 Å². The zero-order valence-electron chi connectivity index (χ0n) is 26.9. The molecule has 2 heteroatoms. The lowest BCUT2D eigenvalue weighted by atomic mass is 9.78. The van der Waals surface area contributed by atoms with Crippen LogP contribution in [0.15, 0.2) is 162 Å². The number of fused-ring (bicyclic) bond motifs is 6. The summed E-state index contributed by atoms with van der Waals surface area (Å²) in [6, 6.07) is 44.3. The average molecular weight is 617 g/mol. The first-order valence-electron chi connectivity index (χ1n) is 17.2. The third-order valence-corrected chi connectivity index (χ3v) is 10.3. The lowest BCUT2D eigenvalue weighted by Gasteiger charge is -2.28. The van der Waals surface area contributed by atoms with E-state index in [0.717, 1.165) is 37.4 Å². The highest BCUT2D eigenvalue weighted by Crippen LogP contribution is 2.42. The smallest absolute Gasteiger partial charge is 0.131 e. The normalized spacial score (nSPS) is 18.5. The van der Waals surface area contributed by atoms with Gasteiger partial charge in [-0.3, -0.25) is 4.99 Å². The molecule has 2 nitrogen and oxygen atoms in total. The number of allylic oxidation sites excluding steroid dienone is 4. The maximum atomic E-state index is 5.28. The van der Waals surface area contributed by atoms with Gasteiger partial charge in [-0.2, -0.15) is 0 Å². The minimum absolute atomic E-state index is 0.0612. The number of amidine groups is 1. The lowest BCUT2D eigenvalue weighted by molar-refractivity contribution is 0.722. The summed E-state index contributed by atoms with van der Waals surface area (Å²) in [5, 5.41) is 5.40. The van der Waals surface area contributed by atoms with Crippen molar-refractivity contribution in [2.24, 2.45) is 15.9 Å². The second-order valence-electron chi connectivity index (χ2n) is 13.0. The van der Waals surface area contributed by atoms with Crippen molar-refractivity contribution in [3.63, 3.8) is 0 Å². The topological polar surface area (TPSA) is 24.7 Å². The molecular weight excluding hydrogens is 581 g/mol. The highest BCUT2D eigenvalue weighted by Gasteiger charge is 2.29. The molecular formula is C46H36N2. The van der Waals surface area contributed by atoms with E-state index in [2.05, 4.69) is 158 Å². The van der Waals surface area contributed by atoms with E-state index < -0.39 is 0 Å². The lowest BCUT2D eigenvalue weighted by Crippen LogP contribution is -2.24. The molecule has 6 aromatic rings. The fourth-order valence-electron chi connectivity index (χ4n) is 7.95. The van der Waals surface area contributed by atoms with E-state index in [9.17, 15) is 0 Å². The van der Waals surface area contributed by atoms with Crippen LogP contribution in [0.2, 0.25) is 0 Å². The Balaban J connectivity index is 1.10. The number of benzene rings is 6. The molecule has 230 valence electrons. The van der Waals surface area contributed by atoms with Crippen molar-refractivity contribution in [2.75, 3.05) is 6.54 Å². The first-order chi connectivity index (χ1) is 23.8. The number of aliphatic imine (C=N–C) groups is 2. The molecule has 1 aliphatic heterocycles. The number of aryl methyl sites for hydroxylation is 1. The van der Waals surface area contributed by atoms with E-state index >= 15 is 0 Å². The summed E-state index contributed by atoms with van der Waals surface area (Å²) < 4.78 is 0. The van der Waals surface area contributed by atoms with Gasteiger partial charge in [-0.1, -0.05) is 146 Å². The summed E-state index contributed by atoms with van der Waals surface area (Å²) in [7, 11) is 0. The van der Waals surface area contributed by atoms with Crippen molar-refractivity contribution in [1.29, 1.82) is 0 Å². The predicted molar refractivity (Wildman–Crippen MR) is 204 cm³/mol. The van der Waals surface area contributed by atoms with Gasteiger partial charge < -0.3 is 0 Å². The van der Waals surface area contributed by atoms with Gasteiger partial charge in [0.25, 0.3) is 0 Å². The van der Waals surface area contributed by atoms with Crippen molar-refractivity contribution in [3.05, 3.63) is 174 Å². The van der Waals surface area contributed by atoms with Crippen molar-refractivity contribution in [3.8, 4) is 22.3 Å². The van der Waals surface area contributed by atoms with E-state index in [4.69, 9.17) is 9.98 Å². The Morgan fingerprint density at radius 1 is 0.542 bits per heavy atom. The fraction of sp³-hybridized carbons (Fsp3) is 0.130. The van der Waals surface area contributed by atoms with Gasteiger partial charge in [-0.15, -0.1) is 0 Å². The standard InChI is InChI=1S/C46H36N2/c1-2-13-31(14-3-1)32-15-12-16-34(29-32)45-27-28-47-46(48-45)43-24-11-10-22-40(43)36-18-5-4-17-35(36)33-25-26-42-39-21-7-6-19-37(39)38-20-8-9-23-41(38)44(42)30-33/h1-8,10-22,24-26,29-30,40,43H,9,23,27-28H2. The van der Waals surface area contributed by atoms with E-state index in [-0.39, 0.29) is 11.8 Å². The molecule has 0 N–H and O–H groups in total. The molecule has 0 fully saturated rings. The Hall–Kier alpha value is -5.60. The van der Waals surface area contributed by atoms with E-state index in [1.807, 2.05) is 0 Å². The van der Waals surface area contributed by atoms with Crippen LogP contribution in [0.3, 0.4) is 0 Å². The number of rotatable bonds is 5. The minimum atomic E-state index is 0.0612. The van der Waals surface area contributed by atoms with Gasteiger partial charge in [0.1, 0.15) is 5.84 Å². The molecule has 0 saturated carbocycles. The van der Waals surface area contributed by atoms with E-state index in [1.165, 1.54) is 66.1 Å².